The first kappa shape index (κ1) is 60.3. The summed E-state index contributed by atoms with van der Waals surface area (Å²) in [4.78, 5) is 38.4. The van der Waals surface area contributed by atoms with Crippen LogP contribution in [-0.4, -0.2) is 165 Å². The predicted molar refractivity (Wildman–Crippen MR) is 309 cm³/mol. The molecular weight excluding hydrogens is 1010 g/mol. The Morgan fingerprint density at radius 1 is 0.645 bits per heavy atom. The highest BCUT2D eigenvalue weighted by atomic mass is 32.1. The summed E-state index contributed by atoms with van der Waals surface area (Å²) < 4.78 is 19.9. The molecule has 0 amide bonds. The number of anilines is 4. The van der Waals surface area contributed by atoms with Crippen LogP contribution in [0.4, 0.5) is 23.0 Å². The first-order valence-electron chi connectivity index (χ1n) is 25.8. The Kier molecular flexibility index (Phi) is 23.5. The second-order valence-electron chi connectivity index (χ2n) is 19.6. The van der Waals surface area contributed by atoms with Crippen LogP contribution in [0.15, 0.2) is 85.2 Å². The maximum absolute atomic E-state index is 11.8. The number of carboxylic acid groups (broad SMARTS) is 1. The van der Waals surface area contributed by atoms with Crippen LogP contribution < -0.4 is 31.1 Å². The Balaban J connectivity index is 0.000000227. The van der Waals surface area contributed by atoms with E-state index in [-0.39, 0.29) is 19.2 Å². The zero-order valence-electron chi connectivity index (χ0n) is 45.5. The topological polar surface area (TPSA) is 221 Å². The summed E-state index contributed by atoms with van der Waals surface area (Å²) in [6, 6.07) is 23.6. The van der Waals surface area contributed by atoms with Crippen molar-refractivity contribution in [2.75, 3.05) is 119 Å². The molecule has 0 atom stereocenters. The number of fused-ring (bicyclic) bond motifs is 2. The molecule has 6 N–H and O–H groups in total. The summed E-state index contributed by atoms with van der Waals surface area (Å²) in [5.74, 6) is 2.16. The second-order valence-corrected chi connectivity index (χ2v) is 20.4. The number of aliphatic hydroxyl groups is 1. The quantitative estimate of drug-likeness (QED) is 0.0364. The fraction of sp³-hybridized carbons (Fsp3) is 0.481. The molecule has 20 nitrogen and oxygen atoms in total. The molecule has 2 saturated heterocycles. The third kappa shape index (κ3) is 18.6. The van der Waals surface area contributed by atoms with E-state index in [4.69, 9.17) is 58.8 Å². The number of aliphatic hydroxyl groups excluding tert-OH is 1. The summed E-state index contributed by atoms with van der Waals surface area (Å²) in [7, 11) is 0. The molecule has 8 rings (SSSR count). The molecule has 76 heavy (non-hydrogen) atoms. The van der Waals surface area contributed by atoms with Crippen molar-refractivity contribution in [3.05, 3.63) is 85.2 Å². The van der Waals surface area contributed by atoms with Gasteiger partial charge in [-0.15, -0.1) is 10.2 Å². The fourth-order valence-corrected chi connectivity index (χ4v) is 7.66. The van der Waals surface area contributed by atoms with Gasteiger partial charge in [-0.1, -0.05) is 20.8 Å². The normalized spacial score (nSPS) is 13.6. The highest BCUT2D eigenvalue weighted by molar-refractivity contribution is 7.80. The van der Waals surface area contributed by atoms with Gasteiger partial charge in [0, 0.05) is 67.6 Å². The number of aromatic nitrogens is 6. The number of morpholine rings is 2. The third-order valence-electron chi connectivity index (χ3n) is 11.8. The van der Waals surface area contributed by atoms with Crippen LogP contribution in [0.1, 0.15) is 62.3 Å². The van der Waals surface area contributed by atoms with E-state index in [0.29, 0.717) is 61.4 Å². The van der Waals surface area contributed by atoms with E-state index in [9.17, 15) is 9.59 Å². The van der Waals surface area contributed by atoms with Crippen LogP contribution in [0.5, 0.6) is 0 Å². The Hall–Kier alpha value is -6.56. The molecule has 2 aromatic carbocycles. The second kappa shape index (κ2) is 29.7. The molecule has 0 spiro atoms. The van der Waals surface area contributed by atoms with Crippen molar-refractivity contribution in [3.63, 3.8) is 0 Å². The first-order chi connectivity index (χ1) is 36.3. The van der Waals surface area contributed by atoms with Gasteiger partial charge in [-0.05, 0) is 158 Å². The van der Waals surface area contributed by atoms with Crippen molar-refractivity contribution in [3.8, 4) is 22.8 Å². The fourth-order valence-electron chi connectivity index (χ4n) is 7.22. The summed E-state index contributed by atoms with van der Waals surface area (Å²) in [6.45, 7) is 27.8. The van der Waals surface area contributed by atoms with E-state index in [2.05, 4.69) is 66.9 Å². The number of ether oxygens (including phenoxy) is 3. The van der Waals surface area contributed by atoms with Crippen molar-refractivity contribution < 1.29 is 34.0 Å². The SMILES string of the molecule is CC(C)(C)C(=O)O.CC(C)(C)C(=O)OCCNC(=S)Nc1ccc(-c2nc(N3CCOCC3)c3cccn3n2)cc1.CCN(CC)CC.OCCNC(=S)Nc1ccc(-c2nc(N3CCOCC3)c3cccn3n2)cc1. The molecule has 0 aliphatic carbocycles. The zero-order valence-corrected chi connectivity index (χ0v) is 47.1. The van der Waals surface area contributed by atoms with Gasteiger partial charge in [0.1, 0.15) is 17.6 Å². The number of thiocarbonyl (C=S) groups is 2. The van der Waals surface area contributed by atoms with Crippen LogP contribution in [0.25, 0.3) is 33.8 Å². The van der Waals surface area contributed by atoms with E-state index < -0.39 is 16.8 Å². The maximum Gasteiger partial charge on any atom is 0.311 e. The van der Waals surface area contributed by atoms with Gasteiger partial charge >= 0.3 is 11.9 Å². The minimum atomic E-state index is -0.757. The number of carboxylic acids is 1. The minimum Gasteiger partial charge on any atom is -0.481 e. The van der Waals surface area contributed by atoms with E-state index in [1.54, 1.807) is 20.8 Å². The molecule has 4 aromatic heterocycles. The Morgan fingerprint density at radius 3 is 1.38 bits per heavy atom. The van der Waals surface area contributed by atoms with E-state index in [0.717, 1.165) is 71.3 Å². The average Bonchev–Trinajstić information content (AvgIpc) is 4.12. The van der Waals surface area contributed by atoms with Crippen molar-refractivity contribution in [2.24, 2.45) is 10.8 Å². The lowest BCUT2D eigenvalue weighted by molar-refractivity contribution is -0.152. The molecule has 2 aliphatic rings. The molecule has 2 fully saturated rings. The number of carbonyl (C=O) groups excluding carboxylic acids is 1. The van der Waals surface area contributed by atoms with Gasteiger partial charge in [0.15, 0.2) is 33.5 Å². The Bertz CT molecular complexity index is 2760. The average molecular weight is 1080 g/mol. The molecule has 0 unspecified atom stereocenters. The van der Waals surface area contributed by atoms with E-state index in [1.165, 1.54) is 19.6 Å². The van der Waals surface area contributed by atoms with Crippen molar-refractivity contribution in [2.45, 2.75) is 62.3 Å². The molecule has 412 valence electrons. The van der Waals surface area contributed by atoms with Crippen molar-refractivity contribution in [1.82, 2.24) is 44.7 Å². The summed E-state index contributed by atoms with van der Waals surface area (Å²) in [5, 5.41) is 39.5. The Labute approximate surface area is 457 Å². The number of rotatable bonds is 14. The number of carbonyl (C=O) groups is 2. The van der Waals surface area contributed by atoms with Crippen molar-refractivity contribution >= 4 is 80.6 Å². The van der Waals surface area contributed by atoms with Crippen LogP contribution in [0, 0.1) is 10.8 Å². The number of nitrogens with one attached hydrogen (secondary N) is 4. The van der Waals surface area contributed by atoms with Gasteiger partial charge < -0.3 is 60.4 Å². The highest BCUT2D eigenvalue weighted by Crippen LogP contribution is 2.27. The lowest BCUT2D eigenvalue weighted by Crippen LogP contribution is -2.37. The van der Waals surface area contributed by atoms with Gasteiger partial charge in [0.2, 0.25) is 0 Å². The molecule has 0 radical (unpaired) electrons. The van der Waals surface area contributed by atoms with Crippen LogP contribution in [0.2, 0.25) is 0 Å². The van der Waals surface area contributed by atoms with Crippen LogP contribution in [0.3, 0.4) is 0 Å². The van der Waals surface area contributed by atoms with Crippen LogP contribution >= 0.6 is 24.4 Å². The van der Waals surface area contributed by atoms with Gasteiger partial charge in [-0.2, -0.15) is 0 Å². The number of hydrogen-bond donors (Lipinski definition) is 6. The molecule has 6 heterocycles. The summed E-state index contributed by atoms with van der Waals surface area (Å²) >= 11 is 10.5. The third-order valence-corrected chi connectivity index (χ3v) is 12.3. The smallest absolute Gasteiger partial charge is 0.311 e. The number of esters is 1. The lowest BCUT2D eigenvalue weighted by atomic mass is 9.97. The minimum absolute atomic E-state index is 0.0332. The molecule has 6 aromatic rings. The lowest BCUT2D eigenvalue weighted by Gasteiger charge is -2.28. The number of aliphatic carboxylic acids is 1. The van der Waals surface area contributed by atoms with E-state index >= 15 is 0 Å². The first-order valence-corrected chi connectivity index (χ1v) is 26.6. The Morgan fingerprint density at radius 2 is 1.04 bits per heavy atom. The monoisotopic (exact) mass is 1080 g/mol. The van der Waals surface area contributed by atoms with Gasteiger partial charge in [-0.3, -0.25) is 9.59 Å². The highest BCUT2D eigenvalue weighted by Gasteiger charge is 2.23. The van der Waals surface area contributed by atoms with Crippen LogP contribution in [-0.2, 0) is 23.8 Å². The standard InChI is InChI=1S/C24H30N6O3S.C19H22N6O2S.C6H15N.C5H10O2/c1-24(2,3)22(31)33-14-10-25-23(34)26-18-8-6-17(7-9-18)20-27-21(29-12-15-32-16-13-29)19-5-4-11-30(19)28-20;26-11-7-20-19(28)21-15-5-3-14(4-6-15)17-22-18(24-9-12-27-13-10-24)16-2-1-8-25(16)23-17;1-4-7(5-2)6-3;1-5(2,3)4(6)7/h4-9,11H,10,12-16H2,1-3H3,(H2,25,26,34);1-6,8,26H,7,9-13H2,(H2,20,21,28);4-6H2,1-3H3;1-3H3,(H,6,7). The molecular formula is C54H77N13O7S2. The largest absolute Gasteiger partial charge is 0.481 e. The van der Waals surface area contributed by atoms with Gasteiger partial charge in [-0.25, -0.2) is 19.0 Å². The zero-order chi connectivity index (χ0) is 55.3. The van der Waals surface area contributed by atoms with Crippen molar-refractivity contribution in [1.29, 1.82) is 0 Å². The predicted octanol–water partition coefficient (Wildman–Crippen LogP) is 7.09. The molecule has 0 bridgehead atoms. The molecule has 22 heteroatoms. The number of benzene rings is 2. The molecule has 0 saturated carbocycles. The van der Waals surface area contributed by atoms with Gasteiger partial charge in [0.05, 0.1) is 50.4 Å². The maximum atomic E-state index is 11.8. The van der Waals surface area contributed by atoms with Gasteiger partial charge in [0.25, 0.3) is 0 Å². The number of hydrogen-bond acceptors (Lipinski definition) is 15. The molecule has 2 aliphatic heterocycles. The summed E-state index contributed by atoms with van der Waals surface area (Å²) in [6.07, 6.45) is 3.87. The summed E-state index contributed by atoms with van der Waals surface area (Å²) in [5.41, 5.74) is 4.39. The number of nitrogens with zero attached hydrogens (tertiary/aromatic N) is 9. The van der Waals surface area contributed by atoms with E-state index in [1.807, 2.05) is 115 Å².